The van der Waals surface area contributed by atoms with Crippen LogP contribution in [-0.2, 0) is 0 Å². The highest BCUT2D eigenvalue weighted by Gasteiger charge is 2.66. The van der Waals surface area contributed by atoms with Crippen LogP contribution < -0.4 is 0 Å². The highest BCUT2D eigenvalue weighted by molar-refractivity contribution is 5.08. The maximum absolute atomic E-state index is 13.6. The minimum absolute atomic E-state index is 0.275. The zero-order chi connectivity index (χ0) is 9.62. The number of halogens is 2. The van der Waals surface area contributed by atoms with Crippen LogP contribution in [0.5, 0.6) is 0 Å². The van der Waals surface area contributed by atoms with Crippen molar-refractivity contribution in [2.24, 2.45) is 15.6 Å². The van der Waals surface area contributed by atoms with Gasteiger partial charge in [-0.2, -0.15) is 10.2 Å². The molecule has 1 rings (SSSR count). The van der Waals surface area contributed by atoms with Crippen LogP contribution in [-0.4, -0.2) is 11.6 Å². The Kier molecular flexibility index (Phi) is 1.78. The van der Waals surface area contributed by atoms with Crippen molar-refractivity contribution >= 4 is 0 Å². The minimum atomic E-state index is -2.84. The molecule has 70 valence electrons. The third kappa shape index (κ3) is 1.04. The van der Waals surface area contributed by atoms with Crippen LogP contribution in [0.3, 0.4) is 0 Å². The lowest BCUT2D eigenvalue weighted by Gasteiger charge is -2.33. The first-order valence-corrected chi connectivity index (χ1v) is 4.09. The Labute approximate surface area is 71.1 Å². The summed E-state index contributed by atoms with van der Waals surface area (Å²) in [5.74, 6) is -2.84. The molecule has 4 heteroatoms. The highest BCUT2D eigenvalue weighted by Crippen LogP contribution is 2.53. The Balaban J connectivity index is 2.86. The summed E-state index contributed by atoms with van der Waals surface area (Å²) in [6, 6.07) is 0. The van der Waals surface area contributed by atoms with Crippen molar-refractivity contribution in [2.75, 3.05) is 0 Å². The molecule has 0 saturated carbocycles. The largest absolute Gasteiger partial charge is 0.300 e. The Bertz CT molecular complexity index is 210. The Morgan fingerprint density at radius 2 is 1.58 bits per heavy atom. The average Bonchev–Trinajstić information content (AvgIpc) is 2.64. The predicted octanol–water partition coefficient (Wildman–Crippen LogP) is 3.24. The maximum Gasteiger partial charge on any atom is 0.300 e. The SMILES string of the molecule is CCC1(C(F)(F)C(C)(C)C)N=N1. The van der Waals surface area contributed by atoms with Gasteiger partial charge in [-0.25, -0.2) is 8.78 Å². The summed E-state index contributed by atoms with van der Waals surface area (Å²) in [7, 11) is 0. The molecule has 0 amide bonds. The van der Waals surface area contributed by atoms with Gasteiger partial charge in [-0.05, 0) is 6.42 Å². The van der Waals surface area contributed by atoms with Gasteiger partial charge >= 0.3 is 5.92 Å². The van der Waals surface area contributed by atoms with Crippen molar-refractivity contribution in [3.8, 4) is 0 Å². The van der Waals surface area contributed by atoms with Gasteiger partial charge in [0, 0.05) is 5.41 Å². The van der Waals surface area contributed by atoms with E-state index < -0.39 is 17.0 Å². The van der Waals surface area contributed by atoms with Crippen molar-refractivity contribution in [2.45, 2.75) is 45.7 Å². The van der Waals surface area contributed by atoms with Crippen molar-refractivity contribution in [1.29, 1.82) is 0 Å². The van der Waals surface area contributed by atoms with Crippen LogP contribution in [0, 0.1) is 5.41 Å². The van der Waals surface area contributed by atoms with E-state index in [-0.39, 0.29) is 6.42 Å². The molecular weight excluding hydrogens is 162 g/mol. The van der Waals surface area contributed by atoms with Crippen LogP contribution in [0.4, 0.5) is 8.78 Å². The molecule has 0 bridgehead atoms. The normalized spacial score (nSPS) is 21.2. The fourth-order valence-corrected chi connectivity index (χ4v) is 1.15. The third-order valence-electron chi connectivity index (χ3n) is 2.28. The second-order valence-corrected chi connectivity index (χ2v) is 4.19. The van der Waals surface area contributed by atoms with Gasteiger partial charge in [0.25, 0.3) is 5.66 Å². The van der Waals surface area contributed by atoms with Gasteiger partial charge in [0.2, 0.25) is 0 Å². The Morgan fingerprint density at radius 1 is 1.17 bits per heavy atom. The minimum Gasteiger partial charge on any atom is -0.201 e. The summed E-state index contributed by atoms with van der Waals surface area (Å²) >= 11 is 0. The molecule has 0 fully saturated rings. The van der Waals surface area contributed by atoms with Crippen LogP contribution in [0.2, 0.25) is 0 Å². The number of rotatable bonds is 2. The van der Waals surface area contributed by atoms with Gasteiger partial charge in [0.15, 0.2) is 0 Å². The summed E-state index contributed by atoms with van der Waals surface area (Å²) < 4.78 is 27.2. The summed E-state index contributed by atoms with van der Waals surface area (Å²) in [5, 5.41) is 6.93. The number of nitrogens with zero attached hydrogens (tertiary/aromatic N) is 2. The molecule has 0 aromatic rings. The molecule has 2 nitrogen and oxygen atoms in total. The van der Waals surface area contributed by atoms with E-state index in [1.54, 1.807) is 6.92 Å². The van der Waals surface area contributed by atoms with Crippen molar-refractivity contribution in [1.82, 2.24) is 0 Å². The van der Waals surface area contributed by atoms with Crippen molar-refractivity contribution in [3.63, 3.8) is 0 Å². The first kappa shape index (κ1) is 9.55. The molecule has 12 heavy (non-hydrogen) atoms. The number of hydrogen-bond acceptors (Lipinski definition) is 2. The molecular formula is C8H14F2N2. The maximum atomic E-state index is 13.6. The summed E-state index contributed by atoms with van der Waals surface area (Å²) in [4.78, 5) is 0. The highest BCUT2D eigenvalue weighted by atomic mass is 19.3. The molecule has 0 unspecified atom stereocenters. The second kappa shape index (κ2) is 2.24. The average molecular weight is 176 g/mol. The lowest BCUT2D eigenvalue weighted by atomic mass is 9.80. The predicted molar refractivity (Wildman–Crippen MR) is 42.3 cm³/mol. The van der Waals surface area contributed by atoms with E-state index in [1.165, 1.54) is 20.8 Å². The molecule has 0 aromatic heterocycles. The summed E-state index contributed by atoms with van der Waals surface area (Å²) in [6.45, 7) is 6.20. The van der Waals surface area contributed by atoms with E-state index in [1.807, 2.05) is 0 Å². The van der Waals surface area contributed by atoms with Crippen molar-refractivity contribution in [3.05, 3.63) is 0 Å². The molecule has 1 heterocycles. The molecule has 0 radical (unpaired) electrons. The smallest absolute Gasteiger partial charge is 0.201 e. The molecule has 0 saturated heterocycles. The topological polar surface area (TPSA) is 24.7 Å². The van der Waals surface area contributed by atoms with Crippen molar-refractivity contribution < 1.29 is 8.78 Å². The molecule has 0 aliphatic carbocycles. The van der Waals surface area contributed by atoms with Gasteiger partial charge in [0.1, 0.15) is 0 Å². The van der Waals surface area contributed by atoms with Gasteiger partial charge in [-0.1, -0.05) is 27.7 Å². The van der Waals surface area contributed by atoms with Gasteiger partial charge in [0.05, 0.1) is 0 Å². The first-order chi connectivity index (χ1) is 5.27. The Hall–Kier alpha value is -0.540. The summed E-state index contributed by atoms with van der Waals surface area (Å²) in [6.07, 6.45) is 0.275. The third-order valence-corrected chi connectivity index (χ3v) is 2.28. The monoisotopic (exact) mass is 176 g/mol. The van der Waals surface area contributed by atoms with E-state index in [2.05, 4.69) is 10.2 Å². The van der Waals surface area contributed by atoms with E-state index in [4.69, 9.17) is 0 Å². The Morgan fingerprint density at radius 3 is 1.67 bits per heavy atom. The number of alkyl halides is 2. The van der Waals surface area contributed by atoms with E-state index in [0.717, 1.165) is 0 Å². The summed E-state index contributed by atoms with van der Waals surface area (Å²) in [5.41, 5.74) is -2.49. The molecule has 0 spiro atoms. The van der Waals surface area contributed by atoms with Gasteiger partial charge in [-0.3, -0.25) is 0 Å². The van der Waals surface area contributed by atoms with Gasteiger partial charge in [-0.15, -0.1) is 0 Å². The molecule has 0 atom stereocenters. The first-order valence-electron chi connectivity index (χ1n) is 4.09. The molecule has 0 N–H and O–H groups in total. The van der Waals surface area contributed by atoms with Crippen LogP contribution in [0.1, 0.15) is 34.1 Å². The molecule has 1 aliphatic heterocycles. The molecule has 1 aliphatic rings. The fourth-order valence-electron chi connectivity index (χ4n) is 1.15. The van der Waals surface area contributed by atoms with E-state index in [0.29, 0.717) is 0 Å². The fraction of sp³-hybridized carbons (Fsp3) is 1.00. The molecule has 0 aromatic carbocycles. The quantitative estimate of drug-likeness (QED) is 0.617. The lowest BCUT2D eigenvalue weighted by molar-refractivity contribution is -0.132. The van der Waals surface area contributed by atoms with Crippen LogP contribution >= 0.6 is 0 Å². The van der Waals surface area contributed by atoms with Gasteiger partial charge < -0.3 is 0 Å². The lowest BCUT2D eigenvalue weighted by Crippen LogP contribution is -2.47. The second-order valence-electron chi connectivity index (χ2n) is 4.19. The number of hydrogen-bond donors (Lipinski definition) is 0. The van der Waals surface area contributed by atoms with E-state index in [9.17, 15) is 8.78 Å². The zero-order valence-corrected chi connectivity index (χ0v) is 7.86. The van der Waals surface area contributed by atoms with Crippen LogP contribution in [0.15, 0.2) is 10.2 Å². The standard InChI is InChI=1S/C8H14F2N2/c1-5-7(11-12-7)8(9,10)6(2,3)4/h5H2,1-4H3. The zero-order valence-electron chi connectivity index (χ0n) is 7.86. The van der Waals surface area contributed by atoms with E-state index >= 15 is 0 Å². The van der Waals surface area contributed by atoms with Crippen LogP contribution in [0.25, 0.3) is 0 Å².